The number of nitrogens with one attached hydrogen (secondary N) is 2. The topological polar surface area (TPSA) is 131 Å². The number of piperidine rings is 2. The molecule has 73 heavy (non-hydrogen) atoms. The van der Waals surface area contributed by atoms with E-state index in [1.54, 1.807) is 22.7 Å². The Morgan fingerprint density at radius 1 is 0.616 bits per heavy atom. The third-order valence-corrected chi connectivity index (χ3v) is 17.2. The summed E-state index contributed by atoms with van der Waals surface area (Å²) >= 11 is 3.21. The van der Waals surface area contributed by atoms with Gasteiger partial charge in [-0.2, -0.15) is 0 Å². The van der Waals surface area contributed by atoms with E-state index in [1.165, 1.54) is 38.5 Å². The summed E-state index contributed by atoms with van der Waals surface area (Å²) in [7, 11) is 0. The molecule has 0 bridgehead atoms. The molecule has 4 atom stereocenters. The van der Waals surface area contributed by atoms with Crippen molar-refractivity contribution in [1.82, 2.24) is 40.2 Å². The molecule has 3 aromatic carbocycles. The molecule has 5 aromatic rings. The quantitative estimate of drug-likeness (QED) is 0.0782. The molecule has 0 spiro atoms. The van der Waals surface area contributed by atoms with Crippen LogP contribution in [0.5, 0.6) is 0 Å². The minimum atomic E-state index is -0.763. The second-order valence-electron chi connectivity index (χ2n) is 19.9. The predicted molar refractivity (Wildman–Crippen MR) is 293 cm³/mol. The number of allylic oxidation sites excluding steroid dienone is 5. The molecule has 0 saturated carbocycles. The van der Waals surface area contributed by atoms with Gasteiger partial charge in [-0.05, 0) is 118 Å². The summed E-state index contributed by atoms with van der Waals surface area (Å²) in [6.07, 6.45) is 21.1. The van der Waals surface area contributed by atoms with E-state index >= 15 is 0 Å². The highest BCUT2D eigenvalue weighted by atomic mass is 32.1. The first-order valence-electron chi connectivity index (χ1n) is 26.5. The van der Waals surface area contributed by atoms with Crippen molar-refractivity contribution in [3.63, 3.8) is 0 Å². The number of aromatic nitrogens is 2. The lowest BCUT2D eigenvalue weighted by Gasteiger charge is -2.29. The Morgan fingerprint density at radius 2 is 1.11 bits per heavy atom. The van der Waals surface area contributed by atoms with Crippen molar-refractivity contribution in [2.24, 2.45) is 0 Å². The number of carbonyl (C=O) groups excluding carboxylic acids is 4. The average molecular weight is 1020 g/mol. The van der Waals surface area contributed by atoms with Crippen LogP contribution in [0.15, 0.2) is 122 Å². The fraction of sp³-hybridized carbons (Fsp3) is 0.424. The number of amides is 4. The summed E-state index contributed by atoms with van der Waals surface area (Å²) in [6.45, 7) is 13.0. The van der Waals surface area contributed by atoms with Crippen LogP contribution in [-0.2, 0) is 19.2 Å². The molecule has 2 N–H and O–H groups in total. The van der Waals surface area contributed by atoms with Gasteiger partial charge in [0.15, 0.2) is 0 Å². The molecule has 4 saturated heterocycles. The molecule has 4 fully saturated rings. The van der Waals surface area contributed by atoms with Crippen molar-refractivity contribution >= 4 is 57.4 Å². The Balaban J connectivity index is 0.829. The third-order valence-electron chi connectivity index (χ3n) is 14.9. The molecule has 14 heteroatoms. The van der Waals surface area contributed by atoms with E-state index in [1.807, 2.05) is 88.9 Å². The van der Waals surface area contributed by atoms with E-state index in [0.29, 0.717) is 39.0 Å². The van der Waals surface area contributed by atoms with Gasteiger partial charge < -0.3 is 30.2 Å². The van der Waals surface area contributed by atoms with E-state index in [-0.39, 0.29) is 35.7 Å². The molecular weight excluding hydrogens is 949 g/mol. The SMILES string of the molecule is C=C/C(=C\C=C(/C)c1ccc(-c2cnc([C@@H]3CCCN3C(=O)[C@H](NC(=O)CCN3CCCCC3)c3ccccc3)s2)cc1)c1cnc([C@@H]2CCCN2C(=O)[C@H](NC(=O)CCN2CCCCC2)c2ccccc2)s1. The molecule has 4 aliphatic rings. The zero-order chi connectivity index (χ0) is 50.5. The Hall–Kier alpha value is -6.06. The minimum absolute atomic E-state index is 0.0888. The molecule has 0 unspecified atom stereocenters. The van der Waals surface area contributed by atoms with Crippen LogP contribution in [-0.4, -0.2) is 106 Å². The van der Waals surface area contributed by atoms with Gasteiger partial charge in [0, 0.05) is 51.4 Å². The van der Waals surface area contributed by atoms with Gasteiger partial charge in [-0.15, -0.1) is 22.7 Å². The van der Waals surface area contributed by atoms with Crippen LogP contribution in [0.4, 0.5) is 0 Å². The number of hydrogen-bond donors (Lipinski definition) is 2. The van der Waals surface area contributed by atoms with E-state index in [4.69, 9.17) is 9.97 Å². The fourth-order valence-corrected chi connectivity index (χ4v) is 12.9. The maximum absolute atomic E-state index is 14.4. The summed E-state index contributed by atoms with van der Waals surface area (Å²) < 4.78 is 0. The molecule has 382 valence electrons. The maximum atomic E-state index is 14.4. The Morgan fingerprint density at radius 3 is 1.62 bits per heavy atom. The maximum Gasteiger partial charge on any atom is 0.250 e. The molecule has 6 heterocycles. The number of hydrogen-bond acceptors (Lipinski definition) is 10. The fourth-order valence-electron chi connectivity index (χ4n) is 10.7. The highest BCUT2D eigenvalue weighted by Gasteiger charge is 2.39. The van der Waals surface area contributed by atoms with Crippen LogP contribution in [0.3, 0.4) is 0 Å². The van der Waals surface area contributed by atoms with Crippen molar-refractivity contribution in [2.75, 3.05) is 52.4 Å². The zero-order valence-corrected chi connectivity index (χ0v) is 43.9. The molecule has 4 amide bonds. The predicted octanol–water partition coefficient (Wildman–Crippen LogP) is 10.7. The monoisotopic (exact) mass is 1020 g/mol. The molecular formula is C59H70N8O4S2. The van der Waals surface area contributed by atoms with E-state index in [2.05, 4.69) is 70.4 Å². The summed E-state index contributed by atoms with van der Waals surface area (Å²) in [5.74, 6) is -0.393. The van der Waals surface area contributed by atoms with Gasteiger partial charge in [0.25, 0.3) is 0 Å². The zero-order valence-electron chi connectivity index (χ0n) is 42.3. The lowest BCUT2D eigenvalue weighted by Crippen LogP contribution is -2.43. The molecule has 0 radical (unpaired) electrons. The van der Waals surface area contributed by atoms with Gasteiger partial charge >= 0.3 is 0 Å². The van der Waals surface area contributed by atoms with Crippen molar-refractivity contribution in [3.8, 4) is 10.4 Å². The van der Waals surface area contributed by atoms with Crippen LogP contribution >= 0.6 is 22.7 Å². The lowest BCUT2D eigenvalue weighted by atomic mass is 10.0. The van der Waals surface area contributed by atoms with Gasteiger partial charge in [0.05, 0.1) is 21.8 Å². The summed E-state index contributed by atoms with van der Waals surface area (Å²) in [6, 6.07) is 25.9. The summed E-state index contributed by atoms with van der Waals surface area (Å²) in [5, 5.41) is 8.02. The van der Waals surface area contributed by atoms with Gasteiger partial charge in [0.1, 0.15) is 22.1 Å². The summed E-state index contributed by atoms with van der Waals surface area (Å²) in [5.41, 5.74) is 5.75. The molecule has 2 aromatic heterocycles. The Labute approximate surface area is 439 Å². The lowest BCUT2D eigenvalue weighted by molar-refractivity contribution is -0.137. The first-order chi connectivity index (χ1) is 35.7. The second kappa shape index (κ2) is 25.3. The normalized spacial score (nSPS) is 19.9. The Kier molecular flexibility index (Phi) is 17.9. The van der Waals surface area contributed by atoms with Gasteiger partial charge in [-0.25, -0.2) is 9.97 Å². The van der Waals surface area contributed by atoms with E-state index in [9.17, 15) is 19.2 Å². The van der Waals surface area contributed by atoms with Crippen molar-refractivity contribution in [2.45, 2.75) is 108 Å². The van der Waals surface area contributed by atoms with Crippen LogP contribution in [0, 0.1) is 0 Å². The largest absolute Gasteiger partial charge is 0.340 e. The van der Waals surface area contributed by atoms with Crippen LogP contribution in [0.2, 0.25) is 0 Å². The molecule has 4 aliphatic heterocycles. The van der Waals surface area contributed by atoms with Crippen LogP contribution in [0.1, 0.15) is 140 Å². The number of rotatable bonds is 19. The van der Waals surface area contributed by atoms with Crippen molar-refractivity contribution in [3.05, 3.63) is 154 Å². The van der Waals surface area contributed by atoms with Crippen molar-refractivity contribution < 1.29 is 19.2 Å². The van der Waals surface area contributed by atoms with Crippen LogP contribution in [0.25, 0.3) is 21.6 Å². The first kappa shape index (κ1) is 51.8. The highest BCUT2D eigenvalue weighted by Crippen LogP contribution is 2.40. The Bertz CT molecular complexity index is 2720. The number of carbonyl (C=O) groups is 4. The van der Waals surface area contributed by atoms with E-state index in [0.717, 1.165) is 105 Å². The van der Waals surface area contributed by atoms with Crippen molar-refractivity contribution in [1.29, 1.82) is 0 Å². The van der Waals surface area contributed by atoms with Gasteiger partial charge in [-0.1, -0.05) is 123 Å². The van der Waals surface area contributed by atoms with Gasteiger partial charge in [-0.3, -0.25) is 19.2 Å². The minimum Gasteiger partial charge on any atom is -0.340 e. The van der Waals surface area contributed by atoms with Gasteiger partial charge in [0.2, 0.25) is 23.6 Å². The molecule has 12 nitrogen and oxygen atoms in total. The number of benzene rings is 3. The number of thiazole rings is 2. The highest BCUT2D eigenvalue weighted by molar-refractivity contribution is 7.15. The number of likely N-dealkylation sites (tertiary alicyclic amines) is 4. The standard InChI is InChI=1S/C59H70N8O4S2/c1-3-43(50-40-60-56(72-50)48-22-16-36-66(48)58(70)54(46-18-8-4-9-19-46)62-52(68)30-38-64-32-12-6-13-33-64)25-24-42(2)44-26-28-45(29-27-44)51-41-61-57(73-51)49-23-17-37-67(49)59(71)55(47-20-10-5-11-21-47)63-53(69)31-39-65-34-14-7-15-35-65/h3-5,8-11,18-21,24-29,40-41,48-49,54-55H,1,6-7,12-17,22-23,30-39H2,2H3,(H,62,68)(H,63,69)/b42-24+,43-25+/t48-,49-,54+,55+/m0/s1. The first-order valence-corrected chi connectivity index (χ1v) is 28.1. The summed E-state index contributed by atoms with van der Waals surface area (Å²) in [4.78, 5) is 75.8. The second-order valence-corrected chi connectivity index (χ2v) is 22.0. The van der Waals surface area contributed by atoms with E-state index < -0.39 is 12.1 Å². The third kappa shape index (κ3) is 13.2. The smallest absolute Gasteiger partial charge is 0.250 e. The average Bonchev–Trinajstić information content (AvgIpc) is 4.30. The number of nitrogens with zero attached hydrogens (tertiary/aromatic N) is 6. The molecule has 0 aliphatic carbocycles. The van der Waals surface area contributed by atoms with Crippen LogP contribution < -0.4 is 10.6 Å². The molecule has 9 rings (SSSR count).